The normalized spacial score (nSPS) is 17.0. The molecular formula is C42H29NO. The van der Waals surface area contributed by atoms with Crippen LogP contribution in [-0.2, 0) is 0 Å². The first-order valence-corrected chi connectivity index (χ1v) is 15.3. The predicted octanol–water partition coefficient (Wildman–Crippen LogP) is 11.4. The van der Waals surface area contributed by atoms with Crippen molar-refractivity contribution in [3.05, 3.63) is 175 Å². The van der Waals surface area contributed by atoms with Gasteiger partial charge in [-0.1, -0.05) is 121 Å². The molecule has 9 rings (SSSR count). The van der Waals surface area contributed by atoms with Gasteiger partial charge in [-0.25, -0.2) is 0 Å². The second-order valence-electron chi connectivity index (χ2n) is 11.7. The molecule has 0 aliphatic heterocycles. The molecule has 44 heavy (non-hydrogen) atoms. The molecule has 0 saturated carbocycles. The molecule has 0 spiro atoms. The van der Waals surface area contributed by atoms with Crippen LogP contribution in [0, 0.1) is 5.92 Å². The monoisotopic (exact) mass is 563 g/mol. The molecule has 2 heteroatoms. The van der Waals surface area contributed by atoms with E-state index in [1.54, 1.807) is 0 Å². The van der Waals surface area contributed by atoms with Crippen molar-refractivity contribution in [3.8, 4) is 11.1 Å². The summed E-state index contributed by atoms with van der Waals surface area (Å²) in [5.74, 6) is 0.647. The summed E-state index contributed by atoms with van der Waals surface area (Å²) in [5.41, 5.74) is 10.3. The molecule has 1 heterocycles. The standard InChI is InChI=1S/C42H29NO/c1-2-11-29-24-34(22-20-28(29)10-1)43(40-27-32-12-3-4-15-35(32)36-16-5-6-17-37(36)40)33-14-9-13-30(25-33)31-21-23-42-39(26-31)38-18-7-8-19-41(38)44-42/h1-27,32,35H. The largest absolute Gasteiger partial charge is 0.456 e. The van der Waals surface area contributed by atoms with Crippen molar-refractivity contribution in [2.45, 2.75) is 5.92 Å². The van der Waals surface area contributed by atoms with E-state index in [1.165, 1.54) is 38.7 Å². The maximum Gasteiger partial charge on any atom is 0.135 e. The van der Waals surface area contributed by atoms with Gasteiger partial charge in [0.15, 0.2) is 0 Å². The third-order valence-electron chi connectivity index (χ3n) is 9.17. The lowest BCUT2D eigenvalue weighted by atomic mass is 9.75. The number of fused-ring (bicyclic) bond motifs is 7. The van der Waals surface area contributed by atoms with Crippen molar-refractivity contribution < 1.29 is 4.42 Å². The van der Waals surface area contributed by atoms with Crippen LogP contribution in [0.4, 0.5) is 11.4 Å². The Bertz CT molecular complexity index is 2320. The fraction of sp³-hybridized carbons (Fsp3) is 0.0476. The third-order valence-corrected chi connectivity index (χ3v) is 9.17. The van der Waals surface area contributed by atoms with Crippen LogP contribution in [0.3, 0.4) is 0 Å². The SMILES string of the molecule is C1=CC2C=C(N(c3cccc(-c4ccc5oc6ccccc6c5c4)c3)c3ccc4ccccc4c3)c3ccccc3C2C=C1. The minimum absolute atomic E-state index is 0.299. The Morgan fingerprint density at radius 1 is 0.523 bits per heavy atom. The van der Waals surface area contributed by atoms with Crippen molar-refractivity contribution in [1.82, 2.24) is 0 Å². The summed E-state index contributed by atoms with van der Waals surface area (Å²) in [6.07, 6.45) is 11.5. The number of hydrogen-bond acceptors (Lipinski definition) is 2. The van der Waals surface area contributed by atoms with Crippen LogP contribution in [0.2, 0.25) is 0 Å². The van der Waals surface area contributed by atoms with Gasteiger partial charge in [0.1, 0.15) is 11.2 Å². The summed E-state index contributed by atoms with van der Waals surface area (Å²) in [7, 11) is 0. The molecule has 2 aliphatic rings. The Labute approximate surface area is 256 Å². The molecule has 6 aromatic carbocycles. The molecule has 0 saturated heterocycles. The van der Waals surface area contributed by atoms with E-state index < -0.39 is 0 Å². The van der Waals surface area contributed by atoms with Crippen molar-refractivity contribution in [3.63, 3.8) is 0 Å². The van der Waals surface area contributed by atoms with Crippen molar-refractivity contribution in [1.29, 1.82) is 0 Å². The van der Waals surface area contributed by atoms with Crippen LogP contribution in [-0.4, -0.2) is 0 Å². The maximum absolute atomic E-state index is 6.13. The number of para-hydroxylation sites is 1. The van der Waals surface area contributed by atoms with Crippen LogP contribution >= 0.6 is 0 Å². The maximum atomic E-state index is 6.13. The zero-order chi connectivity index (χ0) is 29.0. The lowest BCUT2D eigenvalue weighted by molar-refractivity contribution is 0.669. The molecule has 0 bridgehead atoms. The van der Waals surface area contributed by atoms with Crippen molar-refractivity contribution >= 4 is 49.8 Å². The summed E-state index contributed by atoms with van der Waals surface area (Å²) in [6.45, 7) is 0. The van der Waals surface area contributed by atoms with Gasteiger partial charge in [0, 0.05) is 39.5 Å². The van der Waals surface area contributed by atoms with E-state index in [9.17, 15) is 0 Å². The lowest BCUT2D eigenvalue weighted by Crippen LogP contribution is -2.24. The molecule has 2 atom stereocenters. The summed E-state index contributed by atoms with van der Waals surface area (Å²) < 4.78 is 6.13. The summed E-state index contributed by atoms with van der Waals surface area (Å²) >= 11 is 0. The van der Waals surface area contributed by atoms with Gasteiger partial charge in [-0.05, 0) is 69.9 Å². The second kappa shape index (κ2) is 10.00. The number of nitrogens with zero attached hydrogens (tertiary/aromatic N) is 1. The molecule has 1 aromatic heterocycles. The van der Waals surface area contributed by atoms with Crippen LogP contribution in [0.1, 0.15) is 17.0 Å². The summed E-state index contributed by atoms with van der Waals surface area (Å²) in [6, 6.07) is 48.1. The van der Waals surface area contributed by atoms with Gasteiger partial charge in [0.2, 0.25) is 0 Å². The van der Waals surface area contributed by atoms with Gasteiger partial charge in [-0.2, -0.15) is 0 Å². The average Bonchev–Trinajstić information content (AvgIpc) is 3.47. The number of anilines is 2. The topological polar surface area (TPSA) is 16.4 Å². The van der Waals surface area contributed by atoms with Crippen LogP contribution < -0.4 is 4.90 Å². The van der Waals surface area contributed by atoms with Gasteiger partial charge in [-0.3, -0.25) is 0 Å². The first-order chi connectivity index (χ1) is 21.8. The van der Waals surface area contributed by atoms with E-state index in [0.29, 0.717) is 11.8 Å². The number of rotatable bonds is 4. The minimum atomic E-state index is 0.299. The number of hydrogen-bond donors (Lipinski definition) is 0. The Balaban J connectivity index is 1.24. The van der Waals surface area contributed by atoms with E-state index in [4.69, 9.17) is 4.42 Å². The molecule has 2 nitrogen and oxygen atoms in total. The predicted molar refractivity (Wildman–Crippen MR) is 184 cm³/mol. The van der Waals surface area contributed by atoms with Gasteiger partial charge >= 0.3 is 0 Å². The Kier molecular flexibility index (Phi) is 5.67. The molecule has 208 valence electrons. The molecule has 2 unspecified atom stereocenters. The Morgan fingerprint density at radius 2 is 1.30 bits per heavy atom. The fourth-order valence-corrected chi connectivity index (χ4v) is 7.06. The van der Waals surface area contributed by atoms with Crippen LogP contribution in [0.5, 0.6) is 0 Å². The number of furan rings is 1. The molecule has 2 aliphatic carbocycles. The third kappa shape index (κ3) is 4.03. The Morgan fingerprint density at radius 3 is 2.27 bits per heavy atom. The lowest BCUT2D eigenvalue weighted by Gasteiger charge is -2.36. The van der Waals surface area contributed by atoms with Crippen LogP contribution in [0.25, 0.3) is 49.5 Å². The molecular weight excluding hydrogens is 534 g/mol. The highest BCUT2D eigenvalue weighted by Crippen LogP contribution is 2.46. The Hall–Kier alpha value is -5.60. The molecule has 0 amide bonds. The zero-order valence-electron chi connectivity index (χ0n) is 24.1. The molecule has 0 fully saturated rings. The van der Waals surface area contributed by atoms with E-state index in [-0.39, 0.29) is 0 Å². The fourth-order valence-electron chi connectivity index (χ4n) is 7.06. The highest BCUT2D eigenvalue weighted by molar-refractivity contribution is 6.06. The van der Waals surface area contributed by atoms with Crippen LogP contribution in [0.15, 0.2) is 168 Å². The first kappa shape index (κ1) is 24.9. The minimum Gasteiger partial charge on any atom is -0.456 e. The smallest absolute Gasteiger partial charge is 0.135 e. The number of allylic oxidation sites excluding steroid dienone is 5. The molecule has 0 N–H and O–H groups in total. The van der Waals surface area contributed by atoms with Gasteiger partial charge < -0.3 is 9.32 Å². The highest BCUT2D eigenvalue weighted by Gasteiger charge is 2.31. The second-order valence-corrected chi connectivity index (χ2v) is 11.7. The van der Waals surface area contributed by atoms with E-state index in [2.05, 4.69) is 157 Å². The first-order valence-electron chi connectivity index (χ1n) is 15.3. The summed E-state index contributed by atoms with van der Waals surface area (Å²) in [5, 5.41) is 4.75. The van der Waals surface area contributed by atoms with Gasteiger partial charge in [0.05, 0.1) is 5.70 Å². The van der Waals surface area contributed by atoms with E-state index >= 15 is 0 Å². The molecule has 0 radical (unpaired) electrons. The van der Waals surface area contributed by atoms with Crippen molar-refractivity contribution in [2.24, 2.45) is 5.92 Å². The number of benzene rings is 6. The van der Waals surface area contributed by atoms with Gasteiger partial charge in [0.25, 0.3) is 0 Å². The molecule has 7 aromatic rings. The van der Waals surface area contributed by atoms with Gasteiger partial charge in [-0.15, -0.1) is 0 Å². The average molecular weight is 564 g/mol. The van der Waals surface area contributed by atoms with E-state index in [0.717, 1.165) is 33.3 Å². The van der Waals surface area contributed by atoms with E-state index in [1.807, 2.05) is 12.1 Å². The van der Waals surface area contributed by atoms with Crippen molar-refractivity contribution in [2.75, 3.05) is 4.90 Å². The zero-order valence-corrected chi connectivity index (χ0v) is 24.1. The summed E-state index contributed by atoms with van der Waals surface area (Å²) in [4.78, 5) is 2.45. The quantitative estimate of drug-likeness (QED) is 0.212. The highest BCUT2D eigenvalue weighted by atomic mass is 16.3.